The second-order valence-corrected chi connectivity index (χ2v) is 5.37. The maximum Gasteiger partial charge on any atom is 0.254 e. The van der Waals surface area contributed by atoms with Crippen LogP contribution in [0.2, 0.25) is 0 Å². The van der Waals surface area contributed by atoms with E-state index in [0.29, 0.717) is 24.5 Å². The number of hydrogen-bond donors (Lipinski definition) is 3. The Bertz CT molecular complexity index is 461. The minimum absolute atomic E-state index is 0.184. The lowest BCUT2D eigenvalue weighted by Crippen LogP contribution is -2.39. The lowest BCUT2D eigenvalue weighted by Gasteiger charge is -2.28. The van der Waals surface area contributed by atoms with Crippen molar-refractivity contribution in [2.75, 3.05) is 38.5 Å². The number of aliphatic hydroxyl groups excluding tert-OH is 1. The largest absolute Gasteiger partial charge is 0.390 e. The molecule has 0 saturated carbocycles. The third kappa shape index (κ3) is 4.68. The number of β-amino-alcohol motifs (C(OH)–C–C–N with tert-alkyl or cyclic N) is 1. The first-order valence-electron chi connectivity index (χ1n) is 7.52. The van der Waals surface area contributed by atoms with E-state index in [2.05, 4.69) is 20.5 Å². The highest BCUT2D eigenvalue weighted by Crippen LogP contribution is 2.12. The summed E-state index contributed by atoms with van der Waals surface area (Å²) in [5.41, 5.74) is 0.491. The molecule has 1 aromatic rings. The van der Waals surface area contributed by atoms with Crippen LogP contribution in [0.5, 0.6) is 0 Å². The summed E-state index contributed by atoms with van der Waals surface area (Å²) < 4.78 is 0. The lowest BCUT2D eigenvalue weighted by atomic mass is 10.1. The van der Waals surface area contributed by atoms with E-state index in [9.17, 15) is 9.90 Å². The van der Waals surface area contributed by atoms with Crippen molar-refractivity contribution in [1.29, 1.82) is 0 Å². The van der Waals surface area contributed by atoms with Crippen molar-refractivity contribution in [1.82, 2.24) is 15.2 Å². The van der Waals surface area contributed by atoms with Crippen molar-refractivity contribution in [3.8, 4) is 0 Å². The number of nitrogens with zero attached hydrogens (tertiary/aromatic N) is 2. The number of nitrogens with one attached hydrogen (secondary N) is 2. The molecule has 2 rings (SSSR count). The zero-order valence-corrected chi connectivity index (χ0v) is 12.5. The quantitative estimate of drug-likeness (QED) is 0.719. The summed E-state index contributed by atoms with van der Waals surface area (Å²) in [5, 5.41) is 15.8. The first-order valence-corrected chi connectivity index (χ1v) is 7.52. The van der Waals surface area contributed by atoms with Crippen molar-refractivity contribution in [3.63, 3.8) is 0 Å². The molecule has 0 radical (unpaired) electrons. The third-order valence-electron chi connectivity index (χ3n) is 3.70. The lowest BCUT2D eigenvalue weighted by molar-refractivity contribution is 0.0962. The molecule has 1 aliphatic rings. The van der Waals surface area contributed by atoms with E-state index in [1.165, 1.54) is 19.3 Å². The Morgan fingerprint density at radius 3 is 2.90 bits per heavy atom. The monoisotopic (exact) mass is 292 g/mol. The van der Waals surface area contributed by atoms with E-state index in [-0.39, 0.29) is 5.91 Å². The zero-order chi connectivity index (χ0) is 15.1. The predicted octanol–water partition coefficient (Wildman–Crippen LogP) is 0.700. The molecule has 21 heavy (non-hydrogen) atoms. The van der Waals surface area contributed by atoms with Crippen LogP contribution < -0.4 is 10.6 Å². The molecule has 1 atom stereocenters. The molecule has 0 aromatic carbocycles. The second-order valence-electron chi connectivity index (χ2n) is 5.37. The zero-order valence-electron chi connectivity index (χ0n) is 12.5. The Balaban J connectivity index is 1.86. The van der Waals surface area contributed by atoms with Crippen molar-refractivity contribution < 1.29 is 9.90 Å². The van der Waals surface area contributed by atoms with Crippen molar-refractivity contribution in [3.05, 3.63) is 23.9 Å². The molecule has 0 bridgehead atoms. The average molecular weight is 292 g/mol. The van der Waals surface area contributed by atoms with Gasteiger partial charge in [-0.25, -0.2) is 4.98 Å². The van der Waals surface area contributed by atoms with E-state index >= 15 is 0 Å². The van der Waals surface area contributed by atoms with Gasteiger partial charge in [0, 0.05) is 26.3 Å². The highest BCUT2D eigenvalue weighted by atomic mass is 16.3. The molecule has 116 valence electrons. The Hall–Kier alpha value is -1.66. The second kappa shape index (κ2) is 7.95. The van der Waals surface area contributed by atoms with Crippen LogP contribution in [-0.2, 0) is 0 Å². The van der Waals surface area contributed by atoms with Crippen LogP contribution in [0.3, 0.4) is 0 Å². The number of rotatable bonds is 6. The van der Waals surface area contributed by atoms with E-state index in [4.69, 9.17) is 0 Å². The average Bonchev–Trinajstić information content (AvgIpc) is 2.53. The van der Waals surface area contributed by atoms with Crippen molar-refractivity contribution in [2.45, 2.75) is 25.4 Å². The maximum atomic E-state index is 11.7. The van der Waals surface area contributed by atoms with E-state index < -0.39 is 6.10 Å². The van der Waals surface area contributed by atoms with Crippen molar-refractivity contribution >= 4 is 11.7 Å². The van der Waals surface area contributed by atoms with Gasteiger partial charge in [-0.2, -0.15) is 0 Å². The molecule has 1 amide bonds. The third-order valence-corrected chi connectivity index (χ3v) is 3.70. The van der Waals surface area contributed by atoms with Gasteiger partial charge in [0.15, 0.2) is 0 Å². The van der Waals surface area contributed by atoms with Gasteiger partial charge in [-0.3, -0.25) is 4.79 Å². The number of carbonyl (C=O) groups is 1. The highest BCUT2D eigenvalue weighted by molar-refractivity contribution is 5.98. The van der Waals surface area contributed by atoms with Crippen LogP contribution in [-0.4, -0.2) is 60.2 Å². The number of likely N-dealkylation sites (tertiary alicyclic amines) is 1. The topological polar surface area (TPSA) is 77.5 Å². The van der Waals surface area contributed by atoms with Gasteiger partial charge in [0.05, 0.1) is 11.7 Å². The molecule has 1 saturated heterocycles. The summed E-state index contributed by atoms with van der Waals surface area (Å²) in [7, 11) is 1.59. The van der Waals surface area contributed by atoms with Crippen LogP contribution in [0.15, 0.2) is 18.3 Å². The Morgan fingerprint density at radius 1 is 1.43 bits per heavy atom. The van der Waals surface area contributed by atoms with E-state index in [1.54, 1.807) is 25.4 Å². The number of aromatic nitrogens is 1. The normalized spacial score (nSPS) is 17.2. The molecule has 0 aliphatic carbocycles. The van der Waals surface area contributed by atoms with Gasteiger partial charge in [0.1, 0.15) is 5.82 Å². The fourth-order valence-corrected chi connectivity index (χ4v) is 2.58. The molecule has 1 unspecified atom stereocenters. The van der Waals surface area contributed by atoms with Gasteiger partial charge >= 0.3 is 0 Å². The first-order chi connectivity index (χ1) is 10.2. The van der Waals surface area contributed by atoms with Crippen LogP contribution in [0.25, 0.3) is 0 Å². The van der Waals surface area contributed by atoms with Gasteiger partial charge in [-0.15, -0.1) is 0 Å². The van der Waals surface area contributed by atoms with Crippen LogP contribution in [0.1, 0.15) is 29.6 Å². The van der Waals surface area contributed by atoms with Gasteiger partial charge in [0.25, 0.3) is 5.91 Å². The van der Waals surface area contributed by atoms with Crippen molar-refractivity contribution in [2.24, 2.45) is 0 Å². The summed E-state index contributed by atoms with van der Waals surface area (Å²) in [6.45, 7) is 3.17. The van der Waals surface area contributed by atoms with Gasteiger partial charge in [-0.1, -0.05) is 6.42 Å². The molecule has 3 N–H and O–H groups in total. The molecule has 1 aromatic heterocycles. The SMILES string of the molecule is CNC(=O)c1cccnc1NCC(O)CN1CCCCC1. The fraction of sp³-hybridized carbons (Fsp3) is 0.600. The standard InChI is InChI=1S/C15H24N4O2/c1-16-15(21)13-6-5-7-17-14(13)18-10-12(20)11-19-8-3-2-4-9-19/h5-7,12,20H,2-4,8-11H2,1H3,(H,16,21)(H,17,18). The highest BCUT2D eigenvalue weighted by Gasteiger charge is 2.16. The van der Waals surface area contributed by atoms with Crippen LogP contribution in [0.4, 0.5) is 5.82 Å². The number of amides is 1. The molecule has 6 heteroatoms. The molecule has 1 fully saturated rings. The number of pyridine rings is 1. The number of piperidine rings is 1. The predicted molar refractivity (Wildman–Crippen MR) is 82.4 cm³/mol. The molecule has 0 spiro atoms. The number of hydrogen-bond acceptors (Lipinski definition) is 5. The molecule has 6 nitrogen and oxygen atoms in total. The minimum atomic E-state index is -0.470. The van der Waals surface area contributed by atoms with Gasteiger partial charge in [0.2, 0.25) is 0 Å². The van der Waals surface area contributed by atoms with Gasteiger partial charge in [-0.05, 0) is 38.1 Å². The van der Waals surface area contributed by atoms with Crippen LogP contribution >= 0.6 is 0 Å². The van der Waals surface area contributed by atoms with Crippen LogP contribution in [0, 0.1) is 0 Å². The Kier molecular flexibility index (Phi) is 5.95. The molecular weight excluding hydrogens is 268 g/mol. The number of aliphatic hydroxyl groups is 1. The first kappa shape index (κ1) is 15.7. The summed E-state index contributed by atoms with van der Waals surface area (Å²) in [6.07, 6.45) is 4.87. The van der Waals surface area contributed by atoms with E-state index in [1.807, 2.05) is 0 Å². The summed E-state index contributed by atoms with van der Waals surface area (Å²) >= 11 is 0. The Labute approximate surface area is 125 Å². The smallest absolute Gasteiger partial charge is 0.254 e. The molecule has 2 heterocycles. The number of anilines is 1. The minimum Gasteiger partial charge on any atom is -0.390 e. The molecular formula is C15H24N4O2. The summed E-state index contributed by atoms with van der Waals surface area (Å²) in [6, 6.07) is 3.44. The maximum absolute atomic E-state index is 11.7. The summed E-state index contributed by atoms with van der Waals surface area (Å²) in [5.74, 6) is 0.325. The van der Waals surface area contributed by atoms with E-state index in [0.717, 1.165) is 13.1 Å². The number of carbonyl (C=O) groups excluding carboxylic acids is 1. The molecule has 1 aliphatic heterocycles. The fourth-order valence-electron chi connectivity index (χ4n) is 2.58. The Morgan fingerprint density at radius 2 is 2.19 bits per heavy atom. The van der Waals surface area contributed by atoms with Gasteiger partial charge < -0.3 is 20.6 Å². The summed E-state index contributed by atoms with van der Waals surface area (Å²) in [4.78, 5) is 18.2.